The van der Waals surface area contributed by atoms with E-state index in [1.54, 1.807) is 24.3 Å². The van der Waals surface area contributed by atoms with E-state index in [0.717, 1.165) is 48.4 Å². The smallest absolute Gasteiger partial charge is 0.335 e. The lowest BCUT2D eigenvalue weighted by Gasteiger charge is -2.45. The van der Waals surface area contributed by atoms with E-state index in [4.69, 9.17) is 9.84 Å². The fraction of sp³-hybridized carbons (Fsp3) is 0.400. The Labute approximate surface area is 172 Å². The molecule has 2 saturated heterocycles. The molecule has 1 aliphatic carbocycles. The van der Waals surface area contributed by atoms with Gasteiger partial charge in [0.05, 0.1) is 12.2 Å². The molecule has 0 amide bonds. The largest absolute Gasteiger partial charge is 0.494 e. The summed E-state index contributed by atoms with van der Waals surface area (Å²) < 4.78 is 5.90. The summed E-state index contributed by atoms with van der Waals surface area (Å²) in [5.41, 5.74) is 1.97. The highest BCUT2D eigenvalue weighted by Gasteiger charge is 2.32. The zero-order valence-corrected chi connectivity index (χ0v) is 16.6. The van der Waals surface area contributed by atoms with Gasteiger partial charge >= 0.3 is 5.97 Å². The lowest BCUT2D eigenvalue weighted by atomic mass is 9.80. The third-order valence-corrected chi connectivity index (χ3v) is 6.02. The van der Waals surface area contributed by atoms with Crippen molar-refractivity contribution >= 4 is 5.97 Å². The third kappa shape index (κ3) is 5.19. The number of carboxylic acids is 1. The maximum Gasteiger partial charge on any atom is 0.335 e. The minimum absolute atomic E-state index is 0.268. The fourth-order valence-electron chi connectivity index (χ4n) is 4.38. The van der Waals surface area contributed by atoms with Crippen LogP contribution in [-0.2, 0) is 0 Å². The molecule has 2 aromatic carbocycles. The number of piperidine rings is 2. The Morgan fingerprint density at radius 1 is 0.966 bits per heavy atom. The van der Waals surface area contributed by atoms with Crippen molar-refractivity contribution < 1.29 is 14.6 Å². The number of carboxylic acid groups (broad SMARTS) is 1. The van der Waals surface area contributed by atoms with Crippen molar-refractivity contribution in [1.82, 2.24) is 4.90 Å². The molecule has 150 valence electrons. The molecule has 0 spiro atoms. The van der Waals surface area contributed by atoms with Crippen LogP contribution < -0.4 is 4.74 Å². The Morgan fingerprint density at radius 2 is 1.59 bits per heavy atom. The van der Waals surface area contributed by atoms with E-state index in [2.05, 4.69) is 16.7 Å². The Morgan fingerprint density at radius 3 is 2.14 bits per heavy atom. The molecule has 5 rings (SSSR count). The highest BCUT2D eigenvalue weighted by molar-refractivity contribution is 5.87. The van der Waals surface area contributed by atoms with Crippen molar-refractivity contribution in [3.8, 4) is 17.6 Å². The molecule has 2 bridgehead atoms. The van der Waals surface area contributed by atoms with Crippen LogP contribution in [0.4, 0.5) is 0 Å². The molecule has 2 aromatic rings. The first-order valence-electron chi connectivity index (χ1n) is 10.5. The van der Waals surface area contributed by atoms with Gasteiger partial charge in [0.1, 0.15) is 5.75 Å². The molecule has 1 N–H and O–H groups in total. The van der Waals surface area contributed by atoms with Gasteiger partial charge in [-0.3, -0.25) is 4.90 Å². The second-order valence-electron chi connectivity index (χ2n) is 8.03. The van der Waals surface area contributed by atoms with Gasteiger partial charge in [-0.1, -0.05) is 11.8 Å². The summed E-state index contributed by atoms with van der Waals surface area (Å²) in [5, 5.41) is 8.93. The number of carbonyl (C=O) groups is 1. The van der Waals surface area contributed by atoms with Crippen LogP contribution in [0.1, 0.15) is 53.6 Å². The number of hydrogen-bond donors (Lipinski definition) is 1. The minimum Gasteiger partial charge on any atom is -0.494 e. The minimum atomic E-state index is -0.928. The lowest BCUT2D eigenvalue weighted by molar-refractivity contribution is 0.0452. The Hall–Kier alpha value is -2.77. The summed E-state index contributed by atoms with van der Waals surface area (Å²) in [7, 11) is 0. The molecule has 0 radical (unpaired) electrons. The molecule has 4 nitrogen and oxygen atoms in total. The van der Waals surface area contributed by atoms with E-state index >= 15 is 0 Å². The normalized spacial score (nSPS) is 20.7. The van der Waals surface area contributed by atoms with E-state index in [1.165, 1.54) is 32.2 Å². The monoisotopic (exact) mass is 389 g/mol. The molecule has 0 atom stereocenters. The quantitative estimate of drug-likeness (QED) is 0.587. The summed E-state index contributed by atoms with van der Waals surface area (Å²) in [4.78, 5) is 13.5. The number of hydrogen-bond acceptors (Lipinski definition) is 3. The molecule has 0 aromatic heterocycles. The third-order valence-electron chi connectivity index (χ3n) is 6.02. The molecular formula is C25H27NO3. The molecule has 1 saturated carbocycles. The molecule has 3 fully saturated rings. The summed E-state index contributed by atoms with van der Waals surface area (Å²) >= 11 is 0. The first-order valence-corrected chi connectivity index (χ1v) is 10.5. The van der Waals surface area contributed by atoms with Crippen molar-refractivity contribution in [1.29, 1.82) is 0 Å². The first-order chi connectivity index (χ1) is 14.2. The molecular weight excluding hydrogens is 362 g/mol. The van der Waals surface area contributed by atoms with Crippen LogP contribution >= 0.6 is 0 Å². The van der Waals surface area contributed by atoms with Crippen LogP contribution in [0.15, 0.2) is 48.5 Å². The van der Waals surface area contributed by atoms with Gasteiger partial charge in [0.25, 0.3) is 0 Å². The van der Waals surface area contributed by atoms with Gasteiger partial charge in [-0.25, -0.2) is 4.79 Å². The van der Waals surface area contributed by atoms with Gasteiger partial charge in [-0.2, -0.15) is 0 Å². The summed E-state index contributed by atoms with van der Waals surface area (Å²) in [5.74, 6) is 7.05. The van der Waals surface area contributed by atoms with Gasteiger partial charge in [0.15, 0.2) is 0 Å². The van der Waals surface area contributed by atoms with Crippen LogP contribution in [0.2, 0.25) is 0 Å². The Balaban J connectivity index is 1.23. The molecule has 3 aliphatic rings. The zero-order valence-electron chi connectivity index (χ0n) is 16.6. The predicted molar refractivity (Wildman–Crippen MR) is 113 cm³/mol. The SMILES string of the molecule is O=C(O)c1ccc(C#Cc2ccc(OCCCN3CC4CCC3CC4)cc2)cc1. The Bertz CT molecular complexity index is 884. The number of nitrogens with zero attached hydrogens (tertiary/aromatic N) is 1. The number of fused-ring (bicyclic) bond motifs is 3. The van der Waals surface area contributed by atoms with Gasteiger partial charge in [-0.05, 0) is 86.6 Å². The fourth-order valence-corrected chi connectivity index (χ4v) is 4.38. The van der Waals surface area contributed by atoms with Crippen LogP contribution in [0.25, 0.3) is 0 Å². The Kier molecular flexibility index (Phi) is 6.17. The van der Waals surface area contributed by atoms with E-state index in [1.807, 2.05) is 24.3 Å². The molecule has 2 aliphatic heterocycles. The summed E-state index contributed by atoms with van der Waals surface area (Å²) in [6, 6.07) is 15.2. The first kappa shape index (κ1) is 19.5. The number of rotatable bonds is 6. The standard InChI is InChI=1S/C25H27NO3/c27-25(28)22-10-4-19(5-11-22)2-3-20-8-14-24(15-9-20)29-17-1-16-26-18-21-6-12-23(26)13-7-21/h4-5,8-11,14-15,21,23H,1,6-7,12-13,16-18H2,(H,27,28). The van der Waals surface area contributed by atoms with Crippen molar-refractivity contribution in [2.45, 2.75) is 38.1 Å². The molecule has 4 heteroatoms. The van der Waals surface area contributed by atoms with Crippen LogP contribution in [-0.4, -0.2) is 41.7 Å². The summed E-state index contributed by atoms with van der Waals surface area (Å²) in [6.45, 7) is 3.18. The van der Waals surface area contributed by atoms with Gasteiger partial charge < -0.3 is 9.84 Å². The van der Waals surface area contributed by atoms with Gasteiger partial charge in [0.2, 0.25) is 0 Å². The highest BCUT2D eigenvalue weighted by atomic mass is 16.5. The van der Waals surface area contributed by atoms with Crippen LogP contribution in [0.5, 0.6) is 5.75 Å². The van der Waals surface area contributed by atoms with E-state index in [-0.39, 0.29) is 5.56 Å². The maximum absolute atomic E-state index is 10.9. The van der Waals surface area contributed by atoms with E-state index in [0.29, 0.717) is 0 Å². The lowest BCUT2D eigenvalue weighted by Crippen LogP contribution is -2.48. The number of benzene rings is 2. The van der Waals surface area contributed by atoms with Crippen molar-refractivity contribution in [3.63, 3.8) is 0 Å². The zero-order chi connectivity index (χ0) is 20.1. The van der Waals surface area contributed by atoms with E-state index < -0.39 is 5.97 Å². The topological polar surface area (TPSA) is 49.8 Å². The second kappa shape index (κ2) is 9.15. The van der Waals surface area contributed by atoms with Gasteiger partial charge in [-0.15, -0.1) is 0 Å². The molecule has 29 heavy (non-hydrogen) atoms. The molecule has 0 unspecified atom stereocenters. The second-order valence-corrected chi connectivity index (χ2v) is 8.03. The highest BCUT2D eigenvalue weighted by Crippen LogP contribution is 2.34. The average Bonchev–Trinajstić information content (AvgIpc) is 2.77. The van der Waals surface area contributed by atoms with Crippen molar-refractivity contribution in [2.75, 3.05) is 19.7 Å². The van der Waals surface area contributed by atoms with Crippen LogP contribution in [0.3, 0.4) is 0 Å². The average molecular weight is 389 g/mol. The molecule has 2 heterocycles. The number of ether oxygens (including phenoxy) is 1. The van der Waals surface area contributed by atoms with Crippen molar-refractivity contribution in [3.05, 3.63) is 65.2 Å². The van der Waals surface area contributed by atoms with Gasteiger partial charge in [0, 0.05) is 30.3 Å². The maximum atomic E-state index is 10.9. The van der Waals surface area contributed by atoms with E-state index in [9.17, 15) is 4.79 Å². The van der Waals surface area contributed by atoms with Crippen molar-refractivity contribution in [2.24, 2.45) is 5.92 Å². The van der Waals surface area contributed by atoms with Crippen LogP contribution in [0, 0.1) is 17.8 Å². The predicted octanol–water partition coefficient (Wildman–Crippen LogP) is 4.43. The number of aromatic carboxylic acids is 1. The summed E-state index contributed by atoms with van der Waals surface area (Å²) in [6.07, 6.45) is 6.70.